The summed E-state index contributed by atoms with van der Waals surface area (Å²) in [4.78, 5) is 26.1. The molecule has 0 saturated carbocycles. The third kappa shape index (κ3) is 3.65. The molecule has 0 aliphatic heterocycles. The van der Waals surface area contributed by atoms with Gasteiger partial charge in [-0.05, 0) is 18.4 Å². The third-order valence-electron chi connectivity index (χ3n) is 2.30. The molecular formula is C11H11N3O3S2. The summed E-state index contributed by atoms with van der Waals surface area (Å²) in [6.07, 6.45) is 0.430. The van der Waals surface area contributed by atoms with E-state index >= 15 is 0 Å². The van der Waals surface area contributed by atoms with Crippen molar-refractivity contribution in [1.82, 2.24) is 15.2 Å². The minimum Gasteiger partial charge on any atom is -0.480 e. The number of aromatic amines is 1. The van der Waals surface area contributed by atoms with Crippen LogP contribution in [0.5, 0.6) is 0 Å². The van der Waals surface area contributed by atoms with Crippen molar-refractivity contribution in [1.29, 1.82) is 0 Å². The fourth-order valence-corrected chi connectivity index (χ4v) is 2.69. The number of carboxylic acid groups (broad SMARTS) is 1. The summed E-state index contributed by atoms with van der Waals surface area (Å²) in [5, 5.41) is 17.9. The van der Waals surface area contributed by atoms with Gasteiger partial charge in [0.25, 0.3) is 5.56 Å². The number of hydrogen-bond donors (Lipinski definition) is 2. The Morgan fingerprint density at radius 2 is 2.37 bits per heavy atom. The van der Waals surface area contributed by atoms with E-state index in [1.807, 2.05) is 17.5 Å². The second-order valence-corrected chi connectivity index (χ2v) is 6.12. The van der Waals surface area contributed by atoms with Crippen molar-refractivity contribution in [3.8, 4) is 0 Å². The Kier molecular flexibility index (Phi) is 4.33. The van der Waals surface area contributed by atoms with Crippen LogP contribution >= 0.6 is 23.1 Å². The Balaban J connectivity index is 2.13. The highest BCUT2D eigenvalue weighted by atomic mass is 32.2. The van der Waals surface area contributed by atoms with Gasteiger partial charge >= 0.3 is 5.97 Å². The summed E-state index contributed by atoms with van der Waals surface area (Å²) in [6, 6.07) is 3.82. The highest BCUT2D eigenvalue weighted by molar-refractivity contribution is 8.00. The van der Waals surface area contributed by atoms with Crippen LogP contribution in [0.25, 0.3) is 0 Å². The largest absolute Gasteiger partial charge is 0.480 e. The van der Waals surface area contributed by atoms with Gasteiger partial charge in [0.15, 0.2) is 5.16 Å². The first-order valence-electron chi connectivity index (χ1n) is 5.44. The summed E-state index contributed by atoms with van der Waals surface area (Å²) >= 11 is 2.50. The molecule has 0 fully saturated rings. The number of rotatable bonds is 5. The van der Waals surface area contributed by atoms with Crippen molar-refractivity contribution >= 4 is 29.1 Å². The second-order valence-electron chi connectivity index (χ2n) is 3.76. The topological polar surface area (TPSA) is 95.9 Å². The zero-order chi connectivity index (χ0) is 13.8. The van der Waals surface area contributed by atoms with Crippen molar-refractivity contribution in [3.63, 3.8) is 0 Å². The molecule has 0 amide bonds. The fourth-order valence-electron chi connectivity index (χ4n) is 1.31. The first-order chi connectivity index (χ1) is 9.06. The minimum absolute atomic E-state index is 0.217. The van der Waals surface area contributed by atoms with Crippen LogP contribution in [0.2, 0.25) is 0 Å². The van der Waals surface area contributed by atoms with Crippen LogP contribution in [0.4, 0.5) is 0 Å². The Morgan fingerprint density at radius 3 is 2.95 bits per heavy atom. The van der Waals surface area contributed by atoms with E-state index in [2.05, 4.69) is 15.2 Å². The molecule has 0 bridgehead atoms. The van der Waals surface area contributed by atoms with E-state index in [1.165, 1.54) is 6.92 Å². The molecule has 2 aromatic rings. The van der Waals surface area contributed by atoms with Crippen LogP contribution in [-0.4, -0.2) is 31.5 Å². The Bertz CT molecular complexity index is 624. The molecule has 0 aromatic carbocycles. The number of nitrogens with zero attached hydrogens (tertiary/aromatic N) is 2. The monoisotopic (exact) mass is 297 g/mol. The maximum atomic E-state index is 11.8. The number of thiophene rings is 1. The van der Waals surface area contributed by atoms with Crippen LogP contribution in [0, 0.1) is 0 Å². The SMILES string of the molecule is CC(Sc1nnc(Cc2cccs2)c(=O)[nH]1)C(=O)O. The number of thioether (sulfide) groups is 1. The molecule has 2 N–H and O–H groups in total. The highest BCUT2D eigenvalue weighted by Gasteiger charge is 2.15. The number of carbonyl (C=O) groups is 1. The van der Waals surface area contributed by atoms with E-state index < -0.39 is 11.2 Å². The zero-order valence-electron chi connectivity index (χ0n) is 9.99. The smallest absolute Gasteiger partial charge is 0.316 e. The number of H-pyrrole nitrogens is 1. The summed E-state index contributed by atoms with van der Waals surface area (Å²) in [5.41, 5.74) is -0.00160. The lowest BCUT2D eigenvalue weighted by atomic mass is 10.3. The molecule has 1 atom stereocenters. The van der Waals surface area contributed by atoms with E-state index in [0.29, 0.717) is 12.1 Å². The molecule has 0 radical (unpaired) electrons. The van der Waals surface area contributed by atoms with Crippen LogP contribution in [0.1, 0.15) is 17.5 Å². The van der Waals surface area contributed by atoms with E-state index in [1.54, 1.807) is 11.3 Å². The van der Waals surface area contributed by atoms with Crippen molar-refractivity contribution < 1.29 is 9.90 Å². The van der Waals surface area contributed by atoms with Gasteiger partial charge in [0.2, 0.25) is 0 Å². The second kappa shape index (κ2) is 5.98. The van der Waals surface area contributed by atoms with Crippen molar-refractivity contribution in [3.05, 3.63) is 38.4 Å². The average molecular weight is 297 g/mol. The molecule has 0 aliphatic carbocycles. The minimum atomic E-state index is -0.963. The fraction of sp³-hybridized carbons (Fsp3) is 0.273. The van der Waals surface area contributed by atoms with E-state index in [4.69, 9.17) is 5.11 Å². The van der Waals surface area contributed by atoms with Gasteiger partial charge in [-0.3, -0.25) is 14.6 Å². The lowest BCUT2D eigenvalue weighted by Gasteiger charge is -2.04. The predicted molar refractivity (Wildman–Crippen MR) is 72.7 cm³/mol. The third-order valence-corrected chi connectivity index (χ3v) is 4.14. The quantitative estimate of drug-likeness (QED) is 0.809. The molecular weight excluding hydrogens is 286 g/mol. The van der Waals surface area contributed by atoms with Crippen molar-refractivity contribution in [2.45, 2.75) is 23.8 Å². The van der Waals surface area contributed by atoms with Crippen LogP contribution in [-0.2, 0) is 11.2 Å². The van der Waals surface area contributed by atoms with Gasteiger partial charge in [-0.15, -0.1) is 21.5 Å². The van der Waals surface area contributed by atoms with E-state index in [9.17, 15) is 9.59 Å². The van der Waals surface area contributed by atoms with Gasteiger partial charge in [-0.25, -0.2) is 0 Å². The van der Waals surface area contributed by atoms with E-state index in [-0.39, 0.29) is 10.7 Å². The van der Waals surface area contributed by atoms with Crippen LogP contribution < -0.4 is 5.56 Å². The van der Waals surface area contributed by atoms with Gasteiger partial charge < -0.3 is 5.11 Å². The number of hydrogen-bond acceptors (Lipinski definition) is 6. The maximum absolute atomic E-state index is 11.8. The van der Waals surface area contributed by atoms with Crippen molar-refractivity contribution in [2.24, 2.45) is 0 Å². The normalized spacial score (nSPS) is 12.3. The van der Waals surface area contributed by atoms with E-state index in [0.717, 1.165) is 16.6 Å². The number of carboxylic acids is 1. The molecule has 0 aliphatic rings. The first kappa shape index (κ1) is 13.8. The molecule has 0 saturated heterocycles. The summed E-state index contributed by atoms with van der Waals surface area (Å²) in [7, 11) is 0. The van der Waals surface area contributed by atoms with Gasteiger partial charge in [0, 0.05) is 11.3 Å². The predicted octanol–water partition coefficient (Wildman–Crippen LogP) is 1.38. The molecule has 19 heavy (non-hydrogen) atoms. The standard InChI is InChI=1S/C11H11N3O3S2/c1-6(10(16)17)19-11-12-9(15)8(13-14-11)5-7-3-2-4-18-7/h2-4,6H,5H2,1H3,(H,16,17)(H,12,14,15). The average Bonchev–Trinajstić information content (AvgIpc) is 2.85. The summed E-state index contributed by atoms with van der Waals surface area (Å²) in [5.74, 6) is -0.963. The van der Waals surface area contributed by atoms with Gasteiger partial charge in [0.1, 0.15) is 10.9 Å². The highest BCUT2D eigenvalue weighted by Crippen LogP contribution is 2.17. The van der Waals surface area contributed by atoms with Gasteiger partial charge in [-0.1, -0.05) is 17.8 Å². The molecule has 100 valence electrons. The molecule has 8 heteroatoms. The molecule has 2 aromatic heterocycles. The van der Waals surface area contributed by atoms with Gasteiger partial charge in [0.05, 0.1) is 0 Å². The lowest BCUT2D eigenvalue weighted by molar-refractivity contribution is -0.136. The summed E-state index contributed by atoms with van der Waals surface area (Å²) in [6.45, 7) is 1.52. The Labute approximate surface area is 116 Å². The number of aromatic nitrogens is 3. The molecule has 0 spiro atoms. The molecule has 1 unspecified atom stereocenters. The van der Waals surface area contributed by atoms with Crippen LogP contribution in [0.15, 0.2) is 27.5 Å². The molecule has 6 nitrogen and oxygen atoms in total. The first-order valence-corrected chi connectivity index (χ1v) is 7.20. The Morgan fingerprint density at radius 1 is 1.58 bits per heavy atom. The maximum Gasteiger partial charge on any atom is 0.316 e. The van der Waals surface area contributed by atoms with Crippen LogP contribution in [0.3, 0.4) is 0 Å². The molecule has 2 heterocycles. The summed E-state index contributed by atoms with van der Waals surface area (Å²) < 4.78 is 0. The number of aliphatic carboxylic acids is 1. The lowest BCUT2D eigenvalue weighted by Crippen LogP contribution is -2.19. The molecule has 2 rings (SSSR count). The van der Waals surface area contributed by atoms with Crippen molar-refractivity contribution in [2.75, 3.05) is 0 Å². The Hall–Kier alpha value is -1.67. The van der Waals surface area contributed by atoms with Gasteiger partial charge in [-0.2, -0.15) is 0 Å². The zero-order valence-corrected chi connectivity index (χ0v) is 11.6. The number of nitrogens with one attached hydrogen (secondary N) is 1.